The molecule has 1 heteroatoms. The van der Waals surface area contributed by atoms with E-state index >= 15 is 0 Å². The zero-order chi connectivity index (χ0) is 14.2. The molecule has 0 radical (unpaired) electrons. The Morgan fingerprint density at radius 1 is 0.950 bits per heavy atom. The van der Waals surface area contributed by atoms with E-state index in [9.17, 15) is 4.79 Å². The number of carbonyl (C=O) groups excluding carboxylic acids is 1. The summed E-state index contributed by atoms with van der Waals surface area (Å²) in [4.78, 5) is 10.8. The number of aryl methyl sites for hydroxylation is 2. The van der Waals surface area contributed by atoms with Crippen LogP contribution in [0.3, 0.4) is 0 Å². The Kier molecular flexibility index (Phi) is 5.31. The molecule has 102 valence electrons. The van der Waals surface area contributed by atoms with Crippen LogP contribution < -0.4 is 0 Å². The molecule has 0 saturated heterocycles. The van der Waals surface area contributed by atoms with E-state index in [0.717, 1.165) is 36.7 Å². The highest BCUT2D eigenvalue weighted by Gasteiger charge is 2.02. The number of allylic oxidation sites excluding steroid dienone is 2. The van der Waals surface area contributed by atoms with Gasteiger partial charge in [-0.05, 0) is 47.6 Å². The lowest BCUT2D eigenvalue weighted by atomic mass is 9.97. The van der Waals surface area contributed by atoms with Crippen molar-refractivity contribution < 1.29 is 4.79 Å². The van der Waals surface area contributed by atoms with Crippen LogP contribution in [0.2, 0.25) is 0 Å². The van der Waals surface area contributed by atoms with E-state index in [1.807, 2.05) is 18.2 Å². The van der Waals surface area contributed by atoms with Gasteiger partial charge in [0.25, 0.3) is 0 Å². The van der Waals surface area contributed by atoms with Crippen molar-refractivity contribution in [1.29, 1.82) is 0 Å². The molecular weight excluding hydrogens is 244 g/mol. The van der Waals surface area contributed by atoms with Crippen molar-refractivity contribution >= 4 is 11.9 Å². The number of rotatable bonds is 6. The largest absolute Gasteiger partial charge is 0.299 e. The van der Waals surface area contributed by atoms with E-state index in [1.54, 1.807) is 6.08 Å². The Morgan fingerprint density at radius 3 is 2.20 bits per heavy atom. The van der Waals surface area contributed by atoms with Crippen molar-refractivity contribution in [3.63, 3.8) is 0 Å². The van der Waals surface area contributed by atoms with Crippen LogP contribution in [0.5, 0.6) is 0 Å². The quantitative estimate of drug-likeness (QED) is 0.556. The van der Waals surface area contributed by atoms with Gasteiger partial charge in [-0.15, -0.1) is 0 Å². The highest BCUT2D eigenvalue weighted by atomic mass is 16.1. The lowest BCUT2D eigenvalue weighted by Crippen LogP contribution is -1.91. The average Bonchev–Trinajstić information content (AvgIpc) is 2.53. The first-order valence-electron chi connectivity index (χ1n) is 7.11. The van der Waals surface area contributed by atoms with E-state index in [-0.39, 0.29) is 0 Å². The lowest BCUT2D eigenvalue weighted by molar-refractivity contribution is -0.104. The number of carbonyl (C=O) groups is 1. The van der Waals surface area contributed by atoms with Gasteiger partial charge in [-0.3, -0.25) is 4.79 Å². The van der Waals surface area contributed by atoms with Gasteiger partial charge >= 0.3 is 0 Å². The Morgan fingerprint density at radius 2 is 1.60 bits per heavy atom. The zero-order valence-electron chi connectivity index (χ0n) is 11.9. The Balaban J connectivity index is 2.06. The molecule has 20 heavy (non-hydrogen) atoms. The fourth-order valence-corrected chi connectivity index (χ4v) is 2.28. The standard InChI is InChI=1S/C19H20O/c1-2-16-8-10-17(11-9-16)12-13-19(14-15-20)18-6-4-3-5-7-18/h3-11,14-15H,2,12-13H2,1H3/b19-14+. The van der Waals surface area contributed by atoms with Crippen LogP contribution in [0.4, 0.5) is 0 Å². The van der Waals surface area contributed by atoms with Gasteiger partial charge < -0.3 is 0 Å². The predicted molar refractivity (Wildman–Crippen MR) is 84.6 cm³/mol. The summed E-state index contributed by atoms with van der Waals surface area (Å²) in [5, 5.41) is 0. The van der Waals surface area contributed by atoms with Crippen molar-refractivity contribution in [1.82, 2.24) is 0 Å². The normalized spacial score (nSPS) is 11.3. The summed E-state index contributed by atoms with van der Waals surface area (Å²) in [6.07, 6.45) is 5.46. The second-order valence-electron chi connectivity index (χ2n) is 4.86. The molecule has 0 aromatic heterocycles. The SMILES string of the molecule is CCc1ccc(CC/C(=C\C=O)c2ccccc2)cc1. The molecule has 0 heterocycles. The van der Waals surface area contributed by atoms with Crippen LogP contribution in [0.25, 0.3) is 5.57 Å². The molecule has 0 aliphatic carbocycles. The molecule has 2 aromatic rings. The van der Waals surface area contributed by atoms with Crippen molar-refractivity contribution in [3.05, 3.63) is 77.4 Å². The summed E-state index contributed by atoms with van der Waals surface area (Å²) in [7, 11) is 0. The molecule has 2 aromatic carbocycles. The molecule has 0 aliphatic rings. The van der Waals surface area contributed by atoms with Gasteiger partial charge in [-0.1, -0.05) is 61.5 Å². The van der Waals surface area contributed by atoms with Crippen molar-refractivity contribution in [2.45, 2.75) is 26.2 Å². The van der Waals surface area contributed by atoms with Crippen LogP contribution in [-0.2, 0) is 17.6 Å². The van der Waals surface area contributed by atoms with E-state index < -0.39 is 0 Å². The smallest absolute Gasteiger partial charge is 0.143 e. The Bertz CT molecular complexity index is 564. The number of benzene rings is 2. The second kappa shape index (κ2) is 7.44. The molecule has 0 N–H and O–H groups in total. The number of hydrogen-bond acceptors (Lipinski definition) is 1. The topological polar surface area (TPSA) is 17.1 Å². The van der Waals surface area contributed by atoms with Gasteiger partial charge in [-0.25, -0.2) is 0 Å². The predicted octanol–water partition coefficient (Wildman–Crippen LogP) is 4.46. The van der Waals surface area contributed by atoms with Gasteiger partial charge in [-0.2, -0.15) is 0 Å². The highest BCUT2D eigenvalue weighted by Crippen LogP contribution is 2.20. The second-order valence-corrected chi connectivity index (χ2v) is 4.86. The van der Waals surface area contributed by atoms with Crippen molar-refractivity contribution in [2.75, 3.05) is 0 Å². The number of hydrogen-bond donors (Lipinski definition) is 0. The Hall–Kier alpha value is -2.15. The first-order valence-corrected chi connectivity index (χ1v) is 7.11. The van der Waals surface area contributed by atoms with Crippen LogP contribution in [0.15, 0.2) is 60.7 Å². The molecule has 0 atom stereocenters. The molecule has 2 rings (SSSR count). The molecule has 0 saturated carbocycles. The van der Waals surface area contributed by atoms with Gasteiger partial charge in [0.15, 0.2) is 0 Å². The summed E-state index contributed by atoms with van der Waals surface area (Å²) < 4.78 is 0. The van der Waals surface area contributed by atoms with Crippen LogP contribution >= 0.6 is 0 Å². The molecule has 1 nitrogen and oxygen atoms in total. The molecule has 0 spiro atoms. The van der Waals surface area contributed by atoms with Gasteiger partial charge in [0.05, 0.1) is 0 Å². The maximum absolute atomic E-state index is 10.8. The third kappa shape index (κ3) is 3.92. The Labute approximate surface area is 121 Å². The first-order chi connectivity index (χ1) is 9.83. The van der Waals surface area contributed by atoms with E-state index in [1.165, 1.54) is 11.1 Å². The summed E-state index contributed by atoms with van der Waals surface area (Å²) in [5.41, 5.74) is 4.90. The number of aldehydes is 1. The molecule has 0 aliphatic heterocycles. The average molecular weight is 264 g/mol. The van der Waals surface area contributed by atoms with Gasteiger partial charge in [0.1, 0.15) is 6.29 Å². The van der Waals surface area contributed by atoms with Crippen LogP contribution in [-0.4, -0.2) is 6.29 Å². The van der Waals surface area contributed by atoms with Gasteiger partial charge in [0.2, 0.25) is 0 Å². The van der Waals surface area contributed by atoms with Gasteiger partial charge in [0, 0.05) is 0 Å². The molecule has 0 amide bonds. The maximum Gasteiger partial charge on any atom is 0.143 e. The first kappa shape index (κ1) is 14.3. The van der Waals surface area contributed by atoms with Crippen LogP contribution in [0.1, 0.15) is 30.0 Å². The van der Waals surface area contributed by atoms with Crippen molar-refractivity contribution in [3.8, 4) is 0 Å². The van der Waals surface area contributed by atoms with E-state index in [0.29, 0.717) is 0 Å². The minimum Gasteiger partial charge on any atom is -0.299 e. The molecule has 0 fully saturated rings. The van der Waals surface area contributed by atoms with E-state index in [4.69, 9.17) is 0 Å². The lowest BCUT2D eigenvalue weighted by Gasteiger charge is -2.07. The third-order valence-electron chi connectivity index (χ3n) is 3.53. The zero-order valence-corrected chi connectivity index (χ0v) is 11.9. The fourth-order valence-electron chi connectivity index (χ4n) is 2.28. The minimum absolute atomic E-state index is 0.877. The molecule has 0 bridgehead atoms. The monoisotopic (exact) mass is 264 g/mol. The summed E-state index contributed by atoms with van der Waals surface area (Å²) in [5.74, 6) is 0. The summed E-state index contributed by atoms with van der Waals surface area (Å²) in [6, 6.07) is 18.8. The minimum atomic E-state index is 0.877. The van der Waals surface area contributed by atoms with Crippen molar-refractivity contribution in [2.24, 2.45) is 0 Å². The summed E-state index contributed by atoms with van der Waals surface area (Å²) >= 11 is 0. The molecule has 0 unspecified atom stereocenters. The summed E-state index contributed by atoms with van der Waals surface area (Å²) in [6.45, 7) is 2.16. The fraction of sp³-hybridized carbons (Fsp3) is 0.211. The highest BCUT2D eigenvalue weighted by molar-refractivity contribution is 5.81. The third-order valence-corrected chi connectivity index (χ3v) is 3.53. The molecular formula is C19H20O. The van der Waals surface area contributed by atoms with Crippen LogP contribution in [0, 0.1) is 0 Å². The van der Waals surface area contributed by atoms with E-state index in [2.05, 4.69) is 43.3 Å². The maximum atomic E-state index is 10.8.